The predicted molar refractivity (Wildman–Crippen MR) is 122 cm³/mol. The maximum absolute atomic E-state index is 12.6. The van der Waals surface area contributed by atoms with Crippen molar-refractivity contribution in [3.63, 3.8) is 0 Å². The monoisotopic (exact) mass is 464 g/mol. The van der Waals surface area contributed by atoms with E-state index < -0.39 is 29.3 Å². The number of carbonyl (C=O) groups excluding carboxylic acids is 2. The number of carbonyl (C=O) groups is 3. The predicted octanol–water partition coefficient (Wildman–Crippen LogP) is 0.0316. The molecule has 13 heteroatoms. The molecule has 3 heterocycles. The van der Waals surface area contributed by atoms with Crippen molar-refractivity contribution in [3.8, 4) is 5.75 Å². The van der Waals surface area contributed by atoms with Crippen LogP contribution in [0.4, 0.5) is 10.7 Å². The number of ether oxygens (including phenoxy) is 1. The van der Waals surface area contributed by atoms with Crippen LogP contribution >= 0.6 is 0 Å². The molecule has 0 aromatic carbocycles. The lowest BCUT2D eigenvalue weighted by Crippen LogP contribution is -2.42. The highest BCUT2D eigenvalue weighted by atomic mass is 16.5. The molecule has 0 saturated heterocycles. The Morgan fingerprint density at radius 3 is 2.62 bits per heavy atom. The van der Waals surface area contributed by atoms with Crippen LogP contribution in [0.5, 0.6) is 5.75 Å². The highest BCUT2D eigenvalue weighted by Crippen LogP contribution is 2.13. The number of fused-ring (bicyclic) bond motifs is 1. The van der Waals surface area contributed by atoms with E-state index >= 15 is 0 Å². The summed E-state index contributed by atoms with van der Waals surface area (Å²) >= 11 is 0. The zero-order chi connectivity index (χ0) is 24.5. The number of carboxylic acids is 1. The van der Waals surface area contributed by atoms with E-state index in [0.29, 0.717) is 30.8 Å². The van der Waals surface area contributed by atoms with Crippen LogP contribution in [-0.4, -0.2) is 70.7 Å². The normalized spacial score (nSPS) is 11.4. The Labute approximate surface area is 194 Å². The van der Waals surface area contributed by atoms with Gasteiger partial charge in [-0.15, -0.1) is 0 Å². The fourth-order valence-corrected chi connectivity index (χ4v) is 2.92. The highest BCUT2D eigenvalue weighted by Gasteiger charge is 2.20. The second kappa shape index (κ2) is 11.5. The number of aliphatic carboxylic acids is 1. The molecule has 1 unspecified atom stereocenters. The van der Waals surface area contributed by atoms with Gasteiger partial charge in [0.25, 0.3) is 11.5 Å². The van der Waals surface area contributed by atoms with E-state index in [1.807, 2.05) is 0 Å². The lowest BCUT2D eigenvalue weighted by atomic mass is 10.1. The first-order chi connectivity index (χ1) is 16.3. The van der Waals surface area contributed by atoms with Gasteiger partial charge in [0.15, 0.2) is 13.7 Å². The van der Waals surface area contributed by atoms with Gasteiger partial charge in [0.2, 0.25) is 5.95 Å². The number of hydrogen-bond acceptors (Lipinski definition) is 8. The first-order valence-electron chi connectivity index (χ1n) is 10.2. The number of aromatic nitrogens is 3. The summed E-state index contributed by atoms with van der Waals surface area (Å²) in [6, 6.07) is 6.31. The second-order valence-electron chi connectivity index (χ2n) is 7.05. The molecule has 0 aliphatic rings. The van der Waals surface area contributed by atoms with Gasteiger partial charge < -0.3 is 25.8 Å². The summed E-state index contributed by atoms with van der Waals surface area (Å²) in [4.78, 5) is 55.0. The fraction of sp³-hybridized carbons (Fsp3) is 0.238. The number of hydrogen-bond donors (Lipinski definition) is 4. The van der Waals surface area contributed by atoms with Gasteiger partial charge in [-0.1, -0.05) is 0 Å². The van der Waals surface area contributed by atoms with Crippen molar-refractivity contribution in [2.45, 2.75) is 12.5 Å². The molecule has 0 fully saturated rings. The second-order valence-corrected chi connectivity index (χ2v) is 7.05. The van der Waals surface area contributed by atoms with E-state index in [0.717, 1.165) is 6.07 Å². The van der Waals surface area contributed by atoms with E-state index in [2.05, 4.69) is 25.9 Å². The molecule has 3 rings (SSSR count). The average molecular weight is 464 g/mol. The molecule has 4 N–H and O–H groups in total. The number of nitrogens with zero attached hydrogens (tertiary/aromatic N) is 3. The molecular formula is C21H21BN6O6. The topological polar surface area (TPSA) is 164 Å². The number of nitrogens with one attached hydrogen (secondary N) is 3. The molecule has 34 heavy (non-hydrogen) atoms. The SMILES string of the molecule is [B]C(=O)NCCCOc1ccc2cc(C(=O)NCC(Nc3ncccn3)C(=O)O)cc(=O)n2c1. The van der Waals surface area contributed by atoms with Gasteiger partial charge in [0, 0.05) is 42.6 Å². The fourth-order valence-electron chi connectivity index (χ4n) is 2.92. The van der Waals surface area contributed by atoms with E-state index in [1.165, 1.54) is 29.1 Å². The number of carboxylic acid groups (broad SMARTS) is 1. The molecule has 0 bridgehead atoms. The smallest absolute Gasteiger partial charge is 0.328 e. The average Bonchev–Trinajstić information content (AvgIpc) is 2.81. The number of amides is 2. The highest BCUT2D eigenvalue weighted by molar-refractivity contribution is 6.57. The Kier molecular flexibility index (Phi) is 8.16. The molecule has 0 aliphatic carbocycles. The van der Waals surface area contributed by atoms with Crippen LogP contribution in [0.15, 0.2) is 53.7 Å². The summed E-state index contributed by atoms with van der Waals surface area (Å²) in [5, 5.41) is 17.0. The summed E-state index contributed by atoms with van der Waals surface area (Å²) in [7, 11) is 4.98. The van der Waals surface area contributed by atoms with Crippen LogP contribution < -0.4 is 26.2 Å². The van der Waals surface area contributed by atoms with Crippen LogP contribution in [0.1, 0.15) is 16.8 Å². The Balaban J connectivity index is 1.63. The van der Waals surface area contributed by atoms with Gasteiger partial charge in [0.1, 0.15) is 11.8 Å². The molecular weight excluding hydrogens is 443 g/mol. The van der Waals surface area contributed by atoms with Crippen LogP contribution in [0.3, 0.4) is 0 Å². The van der Waals surface area contributed by atoms with E-state index in [1.54, 1.807) is 18.2 Å². The molecule has 1 atom stereocenters. The number of anilines is 1. The maximum atomic E-state index is 12.6. The number of rotatable bonds is 11. The quantitative estimate of drug-likeness (QED) is 0.226. The minimum atomic E-state index is -1.20. The summed E-state index contributed by atoms with van der Waals surface area (Å²) in [5.41, 5.74) is 0.0661. The van der Waals surface area contributed by atoms with Crippen LogP contribution in [0, 0.1) is 0 Å². The van der Waals surface area contributed by atoms with Crippen molar-refractivity contribution < 1.29 is 24.2 Å². The molecule has 3 aromatic heterocycles. The lowest BCUT2D eigenvalue weighted by molar-refractivity contribution is -0.137. The Bertz CT molecular complexity index is 1240. The third-order valence-corrected chi connectivity index (χ3v) is 4.56. The first-order valence-corrected chi connectivity index (χ1v) is 10.2. The van der Waals surface area contributed by atoms with Crippen molar-refractivity contribution in [1.82, 2.24) is 25.0 Å². The minimum absolute atomic E-state index is 0.0799. The molecule has 0 spiro atoms. The largest absolute Gasteiger partial charge is 0.492 e. The van der Waals surface area contributed by atoms with E-state index in [-0.39, 0.29) is 18.1 Å². The maximum Gasteiger partial charge on any atom is 0.328 e. The van der Waals surface area contributed by atoms with Crippen molar-refractivity contribution in [2.75, 3.05) is 25.0 Å². The van der Waals surface area contributed by atoms with Gasteiger partial charge in [0.05, 0.1) is 12.8 Å². The van der Waals surface area contributed by atoms with Crippen LogP contribution in [0.2, 0.25) is 0 Å². The molecule has 2 amide bonds. The molecule has 0 aliphatic heterocycles. The van der Waals surface area contributed by atoms with Crippen molar-refractivity contribution in [3.05, 3.63) is 64.8 Å². The summed E-state index contributed by atoms with van der Waals surface area (Å²) in [5.74, 6) is -1.88. The zero-order valence-electron chi connectivity index (χ0n) is 17.9. The van der Waals surface area contributed by atoms with E-state index in [4.69, 9.17) is 12.6 Å². The van der Waals surface area contributed by atoms with Crippen molar-refractivity contribution in [2.24, 2.45) is 0 Å². The van der Waals surface area contributed by atoms with Gasteiger partial charge in [-0.3, -0.25) is 18.8 Å². The molecule has 3 aromatic rings. The van der Waals surface area contributed by atoms with E-state index in [9.17, 15) is 24.3 Å². The van der Waals surface area contributed by atoms with Crippen LogP contribution in [-0.2, 0) is 4.79 Å². The van der Waals surface area contributed by atoms with Gasteiger partial charge in [-0.2, -0.15) is 0 Å². The molecule has 2 radical (unpaired) electrons. The van der Waals surface area contributed by atoms with Gasteiger partial charge in [-0.25, -0.2) is 14.8 Å². The Morgan fingerprint density at radius 1 is 1.15 bits per heavy atom. The molecule has 12 nitrogen and oxygen atoms in total. The molecule has 0 saturated carbocycles. The third kappa shape index (κ3) is 6.79. The first kappa shape index (κ1) is 24.2. The summed E-state index contributed by atoms with van der Waals surface area (Å²) < 4.78 is 6.88. The minimum Gasteiger partial charge on any atom is -0.492 e. The Hall–Kier alpha value is -4.42. The van der Waals surface area contributed by atoms with Gasteiger partial charge >= 0.3 is 5.97 Å². The third-order valence-electron chi connectivity index (χ3n) is 4.56. The Morgan fingerprint density at radius 2 is 1.91 bits per heavy atom. The summed E-state index contributed by atoms with van der Waals surface area (Å²) in [6.07, 6.45) is 4.92. The van der Waals surface area contributed by atoms with Gasteiger partial charge in [-0.05, 0) is 30.7 Å². The standard InChI is InChI=1S/C21H21BN6O6/c22-20(33)23-7-2-8-34-15-4-3-14-9-13(10-17(29)28(14)12-15)18(30)26-11-16(19(31)32)27-21-24-5-1-6-25-21/h1,3-6,9-10,12,16H,2,7-8,11H2,(H,23,33)(H,26,30)(H,31,32)(H,24,25,27). The number of pyridine rings is 2. The van der Waals surface area contributed by atoms with Crippen LogP contribution in [0.25, 0.3) is 5.52 Å². The summed E-state index contributed by atoms with van der Waals surface area (Å²) in [6.45, 7) is 0.398. The van der Waals surface area contributed by atoms with Crippen molar-refractivity contribution in [1.29, 1.82) is 0 Å². The van der Waals surface area contributed by atoms with Crippen molar-refractivity contribution >= 4 is 37.0 Å². The lowest BCUT2D eigenvalue weighted by Gasteiger charge is -2.15. The molecule has 174 valence electrons. The zero-order valence-corrected chi connectivity index (χ0v) is 17.9.